The zero-order valence-electron chi connectivity index (χ0n) is 5.32. The Bertz CT molecular complexity index is 214. The molecule has 0 radical (unpaired) electrons. The summed E-state index contributed by atoms with van der Waals surface area (Å²) in [6.07, 6.45) is -5.54. The fourth-order valence-corrected chi connectivity index (χ4v) is 0.573. The predicted octanol–water partition coefficient (Wildman–Crippen LogP) is 2.03. The Labute approximate surface area is 62.5 Å². The number of nitrogens with zero attached hydrogens (tertiary/aromatic N) is 2. The molecule has 1 aliphatic heterocycles. The summed E-state index contributed by atoms with van der Waals surface area (Å²) in [5.41, 5.74) is 0. The van der Waals surface area contributed by atoms with Gasteiger partial charge in [-0.2, -0.15) is 17.6 Å². The van der Waals surface area contributed by atoms with Crippen molar-refractivity contribution in [2.45, 2.75) is 12.2 Å². The Balaban J connectivity index is 3.02. The van der Waals surface area contributed by atoms with Crippen molar-refractivity contribution in [3.8, 4) is 0 Å². The highest BCUT2D eigenvalue weighted by Gasteiger charge is 2.59. The lowest BCUT2D eigenvalue weighted by Crippen LogP contribution is -2.55. The van der Waals surface area contributed by atoms with Crippen molar-refractivity contribution < 1.29 is 26.5 Å². The summed E-state index contributed by atoms with van der Waals surface area (Å²) in [7, 11) is 0. The number of alkyl halides is 4. The molecule has 0 aromatic heterocycles. The van der Waals surface area contributed by atoms with Crippen molar-refractivity contribution in [2.75, 3.05) is 0 Å². The summed E-state index contributed by atoms with van der Waals surface area (Å²) in [5.74, 6) is 0. The predicted molar refractivity (Wildman–Crippen MR) is 24.9 cm³/mol. The molecule has 0 N–H and O–H groups in total. The first kappa shape index (κ1) is 9.17. The molecular weight excluding hydrogens is 190 g/mol. The number of halogens is 6. The van der Waals surface area contributed by atoms with Crippen LogP contribution in [0.4, 0.5) is 26.5 Å². The standard InChI is InChI=1S/C4H2F6N2/c5-3(6)1-2-11(9)4(7,8)12(3)10/h1-2H. The first-order chi connectivity index (χ1) is 5.28. The fourth-order valence-electron chi connectivity index (χ4n) is 0.573. The van der Waals surface area contributed by atoms with Crippen LogP contribution in [-0.4, -0.2) is 22.5 Å². The number of rotatable bonds is 0. The van der Waals surface area contributed by atoms with E-state index in [0.29, 0.717) is 0 Å². The summed E-state index contributed by atoms with van der Waals surface area (Å²) in [5, 5.41) is -3.62. The van der Waals surface area contributed by atoms with Crippen LogP contribution in [-0.2, 0) is 0 Å². The second kappa shape index (κ2) is 2.28. The summed E-state index contributed by atoms with van der Waals surface area (Å²) < 4.78 is 72.2. The maximum Gasteiger partial charge on any atom is 0.448 e. The van der Waals surface area contributed by atoms with Gasteiger partial charge in [-0.25, -0.2) is 0 Å². The second-order valence-electron chi connectivity index (χ2n) is 2.01. The lowest BCUT2D eigenvalue weighted by Gasteiger charge is -2.33. The Kier molecular flexibility index (Phi) is 1.74. The molecule has 0 unspecified atom stereocenters. The van der Waals surface area contributed by atoms with Gasteiger partial charge < -0.3 is 0 Å². The van der Waals surface area contributed by atoms with Crippen LogP contribution in [0.3, 0.4) is 0 Å². The minimum absolute atomic E-state index is 0.240. The number of hydrogen-bond donors (Lipinski definition) is 0. The van der Waals surface area contributed by atoms with Gasteiger partial charge in [-0.15, -0.1) is 9.60 Å². The molecule has 70 valence electrons. The summed E-state index contributed by atoms with van der Waals surface area (Å²) in [6.45, 7) is 0. The van der Waals surface area contributed by atoms with Crippen molar-refractivity contribution in [2.24, 2.45) is 0 Å². The molecule has 0 saturated carbocycles. The zero-order valence-corrected chi connectivity index (χ0v) is 5.32. The highest BCUT2D eigenvalue weighted by molar-refractivity contribution is 4.97. The van der Waals surface area contributed by atoms with Gasteiger partial charge in [-0.1, -0.05) is 4.48 Å². The van der Waals surface area contributed by atoms with Gasteiger partial charge in [0.1, 0.15) is 0 Å². The zero-order chi connectivity index (χ0) is 9.57. The Morgan fingerprint density at radius 3 is 1.92 bits per heavy atom. The lowest BCUT2D eigenvalue weighted by atomic mass is 10.4. The first-order valence-electron chi connectivity index (χ1n) is 2.65. The quantitative estimate of drug-likeness (QED) is 0.329. The molecule has 0 fully saturated rings. The van der Waals surface area contributed by atoms with E-state index in [1.165, 1.54) is 0 Å². The molecule has 0 amide bonds. The molecule has 8 heteroatoms. The molecule has 1 rings (SSSR count). The minimum atomic E-state index is -4.97. The molecule has 0 atom stereocenters. The maximum atomic E-state index is 12.1. The van der Waals surface area contributed by atoms with Crippen LogP contribution in [0.2, 0.25) is 0 Å². The summed E-state index contributed by atoms with van der Waals surface area (Å²) in [4.78, 5) is 0. The molecular formula is C4H2F6N2. The molecule has 0 bridgehead atoms. The van der Waals surface area contributed by atoms with Gasteiger partial charge in [-0.05, 0) is 0 Å². The molecule has 0 saturated heterocycles. The maximum absolute atomic E-state index is 12.1. The number of hydrogen-bond acceptors (Lipinski definition) is 2. The van der Waals surface area contributed by atoms with Gasteiger partial charge in [0.15, 0.2) is 0 Å². The summed E-state index contributed by atoms with van der Waals surface area (Å²) in [6, 6.07) is -4.49. The van der Waals surface area contributed by atoms with Crippen molar-refractivity contribution in [3.05, 3.63) is 12.3 Å². The van der Waals surface area contributed by atoms with Crippen LogP contribution in [0, 0.1) is 0 Å². The minimum Gasteiger partial charge on any atom is -0.181 e. The monoisotopic (exact) mass is 192 g/mol. The van der Waals surface area contributed by atoms with Crippen LogP contribution >= 0.6 is 0 Å². The van der Waals surface area contributed by atoms with Crippen LogP contribution in [0.1, 0.15) is 0 Å². The van der Waals surface area contributed by atoms with Crippen molar-refractivity contribution in [3.63, 3.8) is 0 Å². The summed E-state index contributed by atoms with van der Waals surface area (Å²) >= 11 is 0. The van der Waals surface area contributed by atoms with Gasteiger partial charge in [0.05, 0.1) is 0 Å². The molecule has 0 aliphatic carbocycles. The Hall–Kier alpha value is -0.920. The van der Waals surface area contributed by atoms with Gasteiger partial charge in [0.2, 0.25) is 0 Å². The average Bonchev–Trinajstić information content (AvgIpc) is 1.96. The van der Waals surface area contributed by atoms with Gasteiger partial charge in [0, 0.05) is 17.4 Å². The first-order valence-corrected chi connectivity index (χ1v) is 2.65. The smallest absolute Gasteiger partial charge is 0.181 e. The van der Waals surface area contributed by atoms with Gasteiger partial charge in [-0.3, -0.25) is 0 Å². The van der Waals surface area contributed by atoms with E-state index in [9.17, 15) is 26.5 Å². The van der Waals surface area contributed by atoms with E-state index in [4.69, 9.17) is 0 Å². The molecule has 1 aliphatic rings. The van der Waals surface area contributed by atoms with Crippen LogP contribution in [0.15, 0.2) is 12.3 Å². The molecule has 0 aromatic rings. The van der Waals surface area contributed by atoms with E-state index in [-0.39, 0.29) is 12.3 Å². The normalized spacial score (nSPS) is 27.7. The third kappa shape index (κ3) is 1.11. The largest absolute Gasteiger partial charge is 0.448 e. The third-order valence-electron chi connectivity index (χ3n) is 1.16. The van der Waals surface area contributed by atoms with E-state index in [2.05, 4.69) is 0 Å². The highest BCUT2D eigenvalue weighted by Crippen LogP contribution is 2.39. The van der Waals surface area contributed by atoms with Gasteiger partial charge >= 0.3 is 12.2 Å². The van der Waals surface area contributed by atoms with E-state index < -0.39 is 22.5 Å². The Morgan fingerprint density at radius 1 is 1.00 bits per heavy atom. The molecule has 0 spiro atoms. The lowest BCUT2D eigenvalue weighted by molar-refractivity contribution is -0.415. The van der Waals surface area contributed by atoms with Gasteiger partial charge in [0.25, 0.3) is 0 Å². The van der Waals surface area contributed by atoms with Crippen LogP contribution in [0.5, 0.6) is 0 Å². The Morgan fingerprint density at radius 2 is 1.50 bits per heavy atom. The van der Waals surface area contributed by atoms with E-state index >= 15 is 0 Å². The molecule has 12 heavy (non-hydrogen) atoms. The van der Waals surface area contributed by atoms with E-state index in [1.807, 2.05) is 0 Å². The van der Waals surface area contributed by atoms with Crippen LogP contribution < -0.4 is 0 Å². The van der Waals surface area contributed by atoms with Crippen LogP contribution in [0.25, 0.3) is 0 Å². The highest BCUT2D eigenvalue weighted by atomic mass is 19.3. The van der Waals surface area contributed by atoms with E-state index in [0.717, 1.165) is 0 Å². The second-order valence-corrected chi connectivity index (χ2v) is 2.01. The SMILES string of the molecule is FN1C=CC(F)(F)N(F)C1(F)F. The molecule has 0 aromatic carbocycles. The molecule has 2 nitrogen and oxygen atoms in total. The molecule has 1 heterocycles. The van der Waals surface area contributed by atoms with Crippen molar-refractivity contribution >= 4 is 0 Å². The fraction of sp³-hybridized carbons (Fsp3) is 0.500. The van der Waals surface area contributed by atoms with Crippen molar-refractivity contribution in [1.82, 2.24) is 10.2 Å². The average molecular weight is 192 g/mol. The van der Waals surface area contributed by atoms with E-state index in [1.54, 1.807) is 0 Å². The van der Waals surface area contributed by atoms with Crippen molar-refractivity contribution in [1.29, 1.82) is 0 Å². The topological polar surface area (TPSA) is 6.48 Å². The third-order valence-corrected chi connectivity index (χ3v) is 1.16.